The number of hydrogen-bond acceptors (Lipinski definition) is 3. The summed E-state index contributed by atoms with van der Waals surface area (Å²) in [6.07, 6.45) is 2.75. The van der Waals surface area contributed by atoms with Crippen LogP contribution in [0.15, 0.2) is 41.8 Å². The maximum absolute atomic E-state index is 12.4. The van der Waals surface area contributed by atoms with Crippen LogP contribution in [0.1, 0.15) is 34.5 Å². The van der Waals surface area contributed by atoms with Crippen molar-refractivity contribution in [3.05, 3.63) is 52.2 Å². The number of benzene rings is 1. The van der Waals surface area contributed by atoms with Crippen LogP contribution < -0.4 is 4.90 Å². The van der Waals surface area contributed by atoms with Gasteiger partial charge in [0.15, 0.2) is 5.78 Å². The third kappa shape index (κ3) is 3.05. The number of ketones is 1. The maximum Gasteiger partial charge on any atom is 0.227 e. The van der Waals surface area contributed by atoms with Gasteiger partial charge in [-0.25, -0.2) is 0 Å². The van der Waals surface area contributed by atoms with Gasteiger partial charge in [-0.1, -0.05) is 18.2 Å². The number of para-hydroxylation sites is 1. The van der Waals surface area contributed by atoms with E-state index in [0.29, 0.717) is 24.9 Å². The highest BCUT2D eigenvalue weighted by Crippen LogP contribution is 2.27. The average molecular weight is 299 g/mol. The molecule has 2 aromatic rings. The fourth-order valence-corrected chi connectivity index (χ4v) is 3.43. The molecule has 0 N–H and O–H groups in total. The van der Waals surface area contributed by atoms with E-state index in [1.165, 1.54) is 4.88 Å². The van der Waals surface area contributed by atoms with Gasteiger partial charge >= 0.3 is 0 Å². The highest BCUT2D eigenvalue weighted by atomic mass is 32.1. The molecule has 0 radical (unpaired) electrons. The van der Waals surface area contributed by atoms with Crippen molar-refractivity contribution >= 4 is 28.7 Å². The van der Waals surface area contributed by atoms with Gasteiger partial charge in [0.2, 0.25) is 5.91 Å². The Morgan fingerprint density at radius 1 is 1.19 bits per heavy atom. The standard InChI is InChI=1S/C17H17NO2S/c19-16-10-11-18(15-8-2-1-7-14(15)16)17(20)9-3-5-13-6-4-12-21-13/h1-2,4,6-8,12H,3,5,9-11H2. The van der Waals surface area contributed by atoms with E-state index in [1.54, 1.807) is 16.2 Å². The average Bonchev–Trinajstić information content (AvgIpc) is 3.01. The molecule has 4 heteroatoms. The first-order valence-electron chi connectivity index (χ1n) is 7.20. The smallest absolute Gasteiger partial charge is 0.227 e. The first-order chi connectivity index (χ1) is 10.3. The molecule has 1 amide bonds. The summed E-state index contributed by atoms with van der Waals surface area (Å²) in [5.74, 6) is 0.250. The van der Waals surface area contributed by atoms with E-state index in [4.69, 9.17) is 0 Å². The van der Waals surface area contributed by atoms with E-state index in [9.17, 15) is 9.59 Å². The van der Waals surface area contributed by atoms with Crippen LogP contribution >= 0.6 is 11.3 Å². The quantitative estimate of drug-likeness (QED) is 0.863. The number of aryl methyl sites for hydroxylation is 1. The Balaban J connectivity index is 1.65. The van der Waals surface area contributed by atoms with Gasteiger partial charge in [-0.3, -0.25) is 9.59 Å². The van der Waals surface area contributed by atoms with Gasteiger partial charge in [0, 0.05) is 29.8 Å². The molecule has 1 aliphatic heterocycles. The van der Waals surface area contributed by atoms with Crippen molar-refractivity contribution in [3.63, 3.8) is 0 Å². The summed E-state index contributed by atoms with van der Waals surface area (Å²) in [6.45, 7) is 0.508. The number of nitrogens with zero attached hydrogens (tertiary/aromatic N) is 1. The molecule has 0 fully saturated rings. The monoisotopic (exact) mass is 299 g/mol. The number of Topliss-reactive ketones (excluding diaryl/α,β-unsaturated/α-hetero) is 1. The molecular weight excluding hydrogens is 282 g/mol. The molecule has 0 aliphatic carbocycles. The van der Waals surface area contributed by atoms with Crippen LogP contribution in [0.5, 0.6) is 0 Å². The Morgan fingerprint density at radius 2 is 2.05 bits per heavy atom. The lowest BCUT2D eigenvalue weighted by Gasteiger charge is -2.28. The predicted octanol–water partition coefficient (Wildman–Crippen LogP) is 3.69. The molecule has 1 aliphatic rings. The fourth-order valence-electron chi connectivity index (χ4n) is 2.68. The van der Waals surface area contributed by atoms with Crippen molar-refractivity contribution in [2.24, 2.45) is 0 Å². The first-order valence-corrected chi connectivity index (χ1v) is 8.08. The maximum atomic E-state index is 12.4. The molecule has 0 unspecified atom stereocenters. The topological polar surface area (TPSA) is 37.4 Å². The third-order valence-corrected chi connectivity index (χ3v) is 4.69. The lowest BCUT2D eigenvalue weighted by atomic mass is 10.00. The summed E-state index contributed by atoms with van der Waals surface area (Å²) in [6, 6.07) is 11.5. The molecule has 3 rings (SSSR count). The highest BCUT2D eigenvalue weighted by molar-refractivity contribution is 7.09. The number of amides is 1. The third-order valence-electron chi connectivity index (χ3n) is 3.75. The second kappa shape index (κ2) is 6.22. The molecule has 0 spiro atoms. The van der Waals surface area contributed by atoms with Crippen molar-refractivity contribution in [2.45, 2.75) is 25.7 Å². The van der Waals surface area contributed by atoms with Crippen LogP contribution in [0.3, 0.4) is 0 Å². The molecule has 0 saturated heterocycles. The molecule has 1 aromatic carbocycles. The van der Waals surface area contributed by atoms with Gasteiger partial charge in [0.05, 0.1) is 5.69 Å². The van der Waals surface area contributed by atoms with Crippen molar-refractivity contribution < 1.29 is 9.59 Å². The predicted molar refractivity (Wildman–Crippen MR) is 85.0 cm³/mol. The summed E-state index contributed by atoms with van der Waals surface area (Å²) in [7, 11) is 0. The molecule has 3 nitrogen and oxygen atoms in total. The molecule has 0 saturated carbocycles. The molecule has 1 aromatic heterocycles. The van der Waals surface area contributed by atoms with Crippen molar-refractivity contribution in [1.29, 1.82) is 0 Å². The van der Waals surface area contributed by atoms with Crippen molar-refractivity contribution in [3.8, 4) is 0 Å². The zero-order valence-corrected chi connectivity index (χ0v) is 12.6. The number of fused-ring (bicyclic) bond motifs is 1. The second-order valence-electron chi connectivity index (χ2n) is 5.17. The molecule has 108 valence electrons. The van der Waals surface area contributed by atoms with Gasteiger partial charge in [0.25, 0.3) is 0 Å². The van der Waals surface area contributed by atoms with Gasteiger partial charge in [-0.05, 0) is 36.4 Å². The summed E-state index contributed by atoms with van der Waals surface area (Å²) in [5, 5.41) is 2.06. The van der Waals surface area contributed by atoms with Gasteiger partial charge < -0.3 is 4.90 Å². The van der Waals surface area contributed by atoms with Crippen LogP contribution in [0.4, 0.5) is 5.69 Å². The fraction of sp³-hybridized carbons (Fsp3) is 0.294. The first kappa shape index (κ1) is 14.0. The minimum Gasteiger partial charge on any atom is -0.311 e. The van der Waals surface area contributed by atoms with E-state index in [0.717, 1.165) is 18.5 Å². The molecule has 21 heavy (non-hydrogen) atoms. The van der Waals surface area contributed by atoms with Crippen LogP contribution in [0.2, 0.25) is 0 Å². The largest absolute Gasteiger partial charge is 0.311 e. The summed E-state index contributed by atoms with van der Waals surface area (Å²) < 4.78 is 0. The van der Waals surface area contributed by atoms with Crippen LogP contribution in [0.25, 0.3) is 0 Å². The molecule has 2 heterocycles. The summed E-state index contributed by atoms with van der Waals surface area (Å²) in [5.41, 5.74) is 1.45. The number of hydrogen-bond donors (Lipinski definition) is 0. The lowest BCUT2D eigenvalue weighted by Crippen LogP contribution is -2.37. The van der Waals surface area contributed by atoms with Crippen molar-refractivity contribution in [1.82, 2.24) is 0 Å². The molecule has 0 bridgehead atoms. The van der Waals surface area contributed by atoms with Crippen LogP contribution in [-0.4, -0.2) is 18.2 Å². The summed E-state index contributed by atoms with van der Waals surface area (Å²) >= 11 is 1.73. The van der Waals surface area contributed by atoms with Gasteiger partial charge in [-0.2, -0.15) is 0 Å². The van der Waals surface area contributed by atoms with Gasteiger partial charge in [-0.15, -0.1) is 11.3 Å². The van der Waals surface area contributed by atoms with E-state index in [-0.39, 0.29) is 11.7 Å². The van der Waals surface area contributed by atoms with E-state index in [1.807, 2.05) is 30.3 Å². The second-order valence-corrected chi connectivity index (χ2v) is 6.20. The number of carbonyl (C=O) groups is 2. The zero-order valence-electron chi connectivity index (χ0n) is 11.7. The highest BCUT2D eigenvalue weighted by Gasteiger charge is 2.26. The van der Waals surface area contributed by atoms with Crippen molar-refractivity contribution in [2.75, 3.05) is 11.4 Å². The summed E-state index contributed by atoms with van der Waals surface area (Å²) in [4.78, 5) is 27.4. The Labute approximate surface area is 128 Å². The van der Waals surface area contributed by atoms with E-state index in [2.05, 4.69) is 11.4 Å². The Morgan fingerprint density at radius 3 is 2.86 bits per heavy atom. The van der Waals surface area contributed by atoms with E-state index >= 15 is 0 Å². The lowest BCUT2D eigenvalue weighted by molar-refractivity contribution is -0.118. The molecule has 0 atom stereocenters. The number of carbonyl (C=O) groups excluding carboxylic acids is 2. The normalized spacial score (nSPS) is 14.1. The van der Waals surface area contributed by atoms with Gasteiger partial charge in [0.1, 0.15) is 0 Å². The SMILES string of the molecule is O=C1CCN(C(=O)CCCc2cccs2)c2ccccc21. The molecular formula is C17H17NO2S. The minimum atomic E-state index is 0.117. The Hall–Kier alpha value is -1.94. The van der Waals surface area contributed by atoms with Crippen LogP contribution in [-0.2, 0) is 11.2 Å². The minimum absolute atomic E-state index is 0.117. The Bertz CT molecular complexity index is 649. The van der Waals surface area contributed by atoms with E-state index < -0.39 is 0 Å². The zero-order chi connectivity index (χ0) is 14.7. The number of anilines is 1. The number of thiophene rings is 1. The van der Waals surface area contributed by atoms with Crippen LogP contribution in [0, 0.1) is 0 Å². The Kier molecular flexibility index (Phi) is 4.15. The number of rotatable bonds is 4.